The van der Waals surface area contributed by atoms with E-state index in [2.05, 4.69) is 49.1 Å². The molecule has 1 atom stereocenters. The summed E-state index contributed by atoms with van der Waals surface area (Å²) in [6, 6.07) is 0.00194. The molecule has 0 rings (SSSR count). The molecule has 0 aliphatic rings. The van der Waals surface area contributed by atoms with Gasteiger partial charge < -0.3 is 15.5 Å². The van der Waals surface area contributed by atoms with Gasteiger partial charge in [-0.15, -0.1) is 0 Å². The van der Waals surface area contributed by atoms with Crippen molar-refractivity contribution in [2.45, 2.75) is 45.7 Å². The Labute approximate surface area is 121 Å². The van der Waals surface area contributed by atoms with Crippen LogP contribution >= 0.6 is 12.6 Å². The number of nitrogens with zero attached hydrogens (tertiary/aromatic N) is 1. The number of nitrogens with one attached hydrogen (secondary N) is 2. The first kappa shape index (κ1) is 18.2. The van der Waals surface area contributed by atoms with Crippen LogP contribution in [-0.4, -0.2) is 54.7 Å². The lowest BCUT2D eigenvalue weighted by atomic mass is 10.2. The maximum Gasteiger partial charge on any atom is 0.243 e. The fourth-order valence-electron chi connectivity index (χ4n) is 1.52. The van der Waals surface area contributed by atoms with Gasteiger partial charge >= 0.3 is 0 Å². The molecule has 0 spiro atoms. The summed E-state index contributed by atoms with van der Waals surface area (Å²) >= 11 is 4.06. The van der Waals surface area contributed by atoms with Gasteiger partial charge in [0.2, 0.25) is 11.8 Å². The molecule has 0 aromatic rings. The van der Waals surface area contributed by atoms with Gasteiger partial charge in [0.25, 0.3) is 0 Å². The zero-order valence-corrected chi connectivity index (χ0v) is 13.3. The van der Waals surface area contributed by atoms with E-state index < -0.39 is 6.04 Å². The minimum atomic E-state index is -0.542. The molecule has 0 aliphatic heterocycles. The van der Waals surface area contributed by atoms with Crippen LogP contribution in [0, 0.1) is 0 Å². The van der Waals surface area contributed by atoms with Crippen molar-refractivity contribution >= 4 is 24.4 Å². The fourth-order valence-corrected chi connectivity index (χ4v) is 1.78. The number of unbranched alkanes of at least 4 members (excludes halogenated alkanes) is 1. The Balaban J connectivity index is 3.75. The summed E-state index contributed by atoms with van der Waals surface area (Å²) < 4.78 is 0. The Kier molecular flexibility index (Phi) is 9.69. The predicted octanol–water partition coefficient (Wildman–Crippen LogP) is 0.657. The second-order valence-electron chi connectivity index (χ2n) is 5.01. The van der Waals surface area contributed by atoms with Crippen LogP contribution in [0.25, 0.3) is 0 Å². The Morgan fingerprint density at radius 3 is 2.37 bits per heavy atom. The molecule has 112 valence electrons. The van der Waals surface area contributed by atoms with Crippen LogP contribution in [0.5, 0.6) is 0 Å². The highest BCUT2D eigenvalue weighted by Gasteiger charge is 2.16. The predicted molar refractivity (Wildman–Crippen MR) is 81.5 cm³/mol. The number of hydrogen-bond acceptors (Lipinski definition) is 4. The van der Waals surface area contributed by atoms with Gasteiger partial charge in [0.05, 0.1) is 0 Å². The Morgan fingerprint density at radius 2 is 1.89 bits per heavy atom. The zero-order chi connectivity index (χ0) is 14.8. The third-order valence-electron chi connectivity index (χ3n) is 2.99. The van der Waals surface area contributed by atoms with Gasteiger partial charge in [-0.2, -0.15) is 12.6 Å². The zero-order valence-electron chi connectivity index (χ0n) is 12.4. The summed E-state index contributed by atoms with van der Waals surface area (Å²) in [5, 5.41) is 5.39. The molecule has 0 aromatic carbocycles. The van der Waals surface area contributed by atoms with Crippen LogP contribution in [0.1, 0.15) is 33.6 Å². The SMILES string of the molecule is CC(=O)NC(CS)C(=O)NCCCCN(C)C(C)C. The maximum atomic E-state index is 11.7. The molecular weight excluding hydrogens is 262 g/mol. The first-order chi connectivity index (χ1) is 8.88. The van der Waals surface area contributed by atoms with Crippen molar-refractivity contribution in [3.63, 3.8) is 0 Å². The van der Waals surface area contributed by atoms with Crippen LogP contribution in [0.4, 0.5) is 0 Å². The monoisotopic (exact) mass is 289 g/mol. The van der Waals surface area contributed by atoms with Gasteiger partial charge in [-0.25, -0.2) is 0 Å². The lowest BCUT2D eigenvalue weighted by molar-refractivity contribution is -0.127. The number of hydrogen-bond donors (Lipinski definition) is 3. The fraction of sp³-hybridized carbons (Fsp3) is 0.846. The van der Waals surface area contributed by atoms with Crippen molar-refractivity contribution in [1.29, 1.82) is 0 Å². The van der Waals surface area contributed by atoms with Crippen LogP contribution < -0.4 is 10.6 Å². The van der Waals surface area contributed by atoms with Crippen LogP contribution in [0.3, 0.4) is 0 Å². The van der Waals surface area contributed by atoms with Gasteiger partial charge in [-0.05, 0) is 40.3 Å². The highest BCUT2D eigenvalue weighted by Crippen LogP contribution is 1.97. The molecule has 2 amide bonds. The molecule has 0 radical (unpaired) electrons. The normalized spacial score (nSPS) is 12.6. The largest absolute Gasteiger partial charge is 0.354 e. The van der Waals surface area contributed by atoms with Crippen LogP contribution in [0.15, 0.2) is 0 Å². The topological polar surface area (TPSA) is 61.4 Å². The van der Waals surface area contributed by atoms with Crippen LogP contribution in [0.2, 0.25) is 0 Å². The Hall–Kier alpha value is -0.750. The van der Waals surface area contributed by atoms with E-state index in [0.717, 1.165) is 19.4 Å². The third-order valence-corrected chi connectivity index (χ3v) is 3.36. The Bertz CT molecular complexity index is 285. The lowest BCUT2D eigenvalue weighted by Crippen LogP contribution is -2.47. The highest BCUT2D eigenvalue weighted by molar-refractivity contribution is 7.80. The average Bonchev–Trinajstić information content (AvgIpc) is 2.34. The summed E-state index contributed by atoms with van der Waals surface area (Å²) in [6.07, 6.45) is 1.98. The van der Waals surface area contributed by atoms with Crippen molar-refractivity contribution in [1.82, 2.24) is 15.5 Å². The van der Waals surface area contributed by atoms with Gasteiger partial charge in [-0.1, -0.05) is 0 Å². The van der Waals surface area contributed by atoms with E-state index in [1.807, 2.05) is 0 Å². The first-order valence-corrected chi connectivity index (χ1v) is 7.37. The molecule has 0 fully saturated rings. The van der Waals surface area contributed by atoms with E-state index in [1.165, 1.54) is 6.92 Å². The van der Waals surface area contributed by atoms with Crippen molar-refractivity contribution < 1.29 is 9.59 Å². The van der Waals surface area contributed by atoms with E-state index >= 15 is 0 Å². The second kappa shape index (κ2) is 10.1. The molecule has 0 aliphatic carbocycles. The summed E-state index contributed by atoms with van der Waals surface area (Å²) in [4.78, 5) is 24.9. The number of thiol groups is 1. The quantitative estimate of drug-likeness (QED) is 0.432. The minimum absolute atomic E-state index is 0.164. The molecule has 0 saturated carbocycles. The van der Waals surface area contributed by atoms with Crippen molar-refractivity contribution in [3.8, 4) is 0 Å². The van der Waals surface area contributed by atoms with E-state index in [4.69, 9.17) is 0 Å². The summed E-state index contributed by atoms with van der Waals surface area (Å²) in [5.41, 5.74) is 0. The summed E-state index contributed by atoms with van der Waals surface area (Å²) in [6.45, 7) is 7.37. The molecule has 5 nitrogen and oxygen atoms in total. The van der Waals surface area contributed by atoms with Crippen LogP contribution in [-0.2, 0) is 9.59 Å². The molecule has 0 bridgehead atoms. The number of rotatable bonds is 9. The molecule has 0 heterocycles. The van der Waals surface area contributed by atoms with E-state index in [-0.39, 0.29) is 11.8 Å². The smallest absolute Gasteiger partial charge is 0.243 e. The van der Waals surface area contributed by atoms with Gasteiger partial charge in [0, 0.05) is 25.3 Å². The highest BCUT2D eigenvalue weighted by atomic mass is 32.1. The molecular formula is C13H27N3O2S. The molecule has 0 aromatic heterocycles. The van der Waals surface area contributed by atoms with E-state index in [9.17, 15) is 9.59 Å². The average molecular weight is 289 g/mol. The van der Waals surface area contributed by atoms with Gasteiger partial charge in [0.1, 0.15) is 6.04 Å². The number of carbonyl (C=O) groups excluding carboxylic acids is 2. The molecule has 1 unspecified atom stereocenters. The minimum Gasteiger partial charge on any atom is -0.354 e. The van der Waals surface area contributed by atoms with E-state index in [1.54, 1.807) is 0 Å². The second-order valence-corrected chi connectivity index (χ2v) is 5.37. The summed E-state index contributed by atoms with van der Waals surface area (Å²) in [5.74, 6) is -0.0724. The number of carbonyl (C=O) groups is 2. The molecule has 0 saturated heterocycles. The van der Waals surface area contributed by atoms with Crippen molar-refractivity contribution in [2.75, 3.05) is 25.9 Å². The van der Waals surface area contributed by atoms with Gasteiger partial charge in [-0.3, -0.25) is 9.59 Å². The Morgan fingerprint density at radius 1 is 1.26 bits per heavy atom. The molecule has 6 heteroatoms. The maximum absolute atomic E-state index is 11.7. The first-order valence-electron chi connectivity index (χ1n) is 6.74. The molecule has 2 N–H and O–H groups in total. The van der Waals surface area contributed by atoms with Crippen molar-refractivity contribution in [2.24, 2.45) is 0 Å². The van der Waals surface area contributed by atoms with E-state index in [0.29, 0.717) is 18.3 Å². The van der Waals surface area contributed by atoms with Crippen molar-refractivity contribution in [3.05, 3.63) is 0 Å². The van der Waals surface area contributed by atoms with Gasteiger partial charge in [0.15, 0.2) is 0 Å². The third kappa shape index (κ3) is 8.88. The lowest BCUT2D eigenvalue weighted by Gasteiger charge is -2.20. The summed E-state index contributed by atoms with van der Waals surface area (Å²) in [7, 11) is 2.09. The number of amides is 2. The molecule has 19 heavy (non-hydrogen) atoms. The standard InChI is InChI=1S/C13H27N3O2S/c1-10(2)16(4)8-6-5-7-14-13(18)12(9-19)15-11(3)17/h10,12,19H,5-9H2,1-4H3,(H,14,18)(H,15,17).